The lowest BCUT2D eigenvalue weighted by Crippen LogP contribution is -2.43. The van der Waals surface area contributed by atoms with E-state index in [9.17, 15) is 4.79 Å². The highest BCUT2D eigenvalue weighted by molar-refractivity contribution is 5.82. The smallest absolute Gasteiger partial charge is 0.237 e. The zero-order chi connectivity index (χ0) is 10.7. The number of carbonyl (C=O) groups excluding carboxylic acids is 1. The second-order valence-electron chi connectivity index (χ2n) is 3.85. The van der Waals surface area contributed by atoms with Crippen molar-refractivity contribution in [1.82, 2.24) is 25.8 Å². The van der Waals surface area contributed by atoms with Crippen molar-refractivity contribution >= 4 is 5.91 Å². The van der Waals surface area contributed by atoms with E-state index in [0.717, 1.165) is 13.0 Å². The van der Waals surface area contributed by atoms with Gasteiger partial charge in [-0.2, -0.15) is 5.10 Å². The number of carbonyl (C=O) groups is 1. The number of aromatic nitrogens is 3. The van der Waals surface area contributed by atoms with E-state index in [2.05, 4.69) is 32.7 Å². The van der Waals surface area contributed by atoms with E-state index in [-0.39, 0.29) is 11.9 Å². The first-order valence-electron chi connectivity index (χ1n) is 5.12. The summed E-state index contributed by atoms with van der Waals surface area (Å²) >= 11 is 0. The van der Waals surface area contributed by atoms with Gasteiger partial charge in [-0.15, -0.1) is 0 Å². The van der Waals surface area contributed by atoms with Gasteiger partial charge in [-0.1, -0.05) is 6.92 Å². The van der Waals surface area contributed by atoms with Crippen LogP contribution in [0.3, 0.4) is 0 Å². The Morgan fingerprint density at radius 2 is 2.60 bits per heavy atom. The van der Waals surface area contributed by atoms with Crippen LogP contribution in [0.4, 0.5) is 0 Å². The van der Waals surface area contributed by atoms with Gasteiger partial charge in [0.05, 0.1) is 12.6 Å². The molecule has 0 bridgehead atoms. The van der Waals surface area contributed by atoms with Crippen molar-refractivity contribution in [3.63, 3.8) is 0 Å². The lowest BCUT2D eigenvalue weighted by atomic mass is 10.0. The maximum absolute atomic E-state index is 11.7. The molecule has 2 heterocycles. The Morgan fingerprint density at radius 1 is 1.73 bits per heavy atom. The Bertz CT molecular complexity index is 323. The van der Waals surface area contributed by atoms with E-state index >= 15 is 0 Å². The average Bonchev–Trinajstić information content (AvgIpc) is 2.84. The molecule has 1 amide bonds. The van der Waals surface area contributed by atoms with Crippen LogP contribution in [0, 0.1) is 5.92 Å². The minimum Gasteiger partial charge on any atom is -0.347 e. The normalized spacial score (nSPS) is 25.4. The van der Waals surface area contributed by atoms with Crippen LogP contribution < -0.4 is 10.6 Å². The summed E-state index contributed by atoms with van der Waals surface area (Å²) in [6.07, 6.45) is 2.48. The Kier molecular flexibility index (Phi) is 2.96. The standard InChI is InChI=1S/C9H15N5O/c1-6-2-3-10-8(6)9(15)11-4-7-12-5-13-14-7/h5-6,8,10H,2-4H2,1H3,(H,11,15)(H,12,13,14). The summed E-state index contributed by atoms with van der Waals surface area (Å²) in [4.78, 5) is 15.6. The van der Waals surface area contributed by atoms with Gasteiger partial charge in [0.2, 0.25) is 5.91 Å². The fourth-order valence-corrected chi connectivity index (χ4v) is 1.78. The van der Waals surface area contributed by atoms with E-state index in [1.165, 1.54) is 6.33 Å². The number of nitrogens with zero attached hydrogens (tertiary/aromatic N) is 2. The molecule has 0 aromatic carbocycles. The van der Waals surface area contributed by atoms with E-state index < -0.39 is 0 Å². The fraction of sp³-hybridized carbons (Fsp3) is 0.667. The van der Waals surface area contributed by atoms with E-state index in [1.807, 2.05) is 0 Å². The lowest BCUT2D eigenvalue weighted by molar-refractivity contribution is -0.123. The van der Waals surface area contributed by atoms with Crippen molar-refractivity contribution in [2.75, 3.05) is 6.54 Å². The maximum atomic E-state index is 11.7. The summed E-state index contributed by atoms with van der Waals surface area (Å²) in [7, 11) is 0. The molecule has 1 saturated heterocycles. The summed E-state index contributed by atoms with van der Waals surface area (Å²) in [6, 6.07) is -0.0621. The first-order chi connectivity index (χ1) is 7.27. The third kappa shape index (κ3) is 2.33. The van der Waals surface area contributed by atoms with Crippen molar-refractivity contribution < 1.29 is 4.79 Å². The molecule has 82 valence electrons. The zero-order valence-corrected chi connectivity index (χ0v) is 8.66. The van der Waals surface area contributed by atoms with Crippen LogP contribution in [-0.4, -0.2) is 33.7 Å². The summed E-state index contributed by atoms with van der Waals surface area (Å²) in [5, 5.41) is 12.4. The van der Waals surface area contributed by atoms with Crippen LogP contribution in [0.1, 0.15) is 19.2 Å². The number of nitrogens with one attached hydrogen (secondary N) is 3. The van der Waals surface area contributed by atoms with Crippen LogP contribution >= 0.6 is 0 Å². The van der Waals surface area contributed by atoms with Gasteiger partial charge in [0.15, 0.2) is 0 Å². The molecule has 0 aliphatic carbocycles. The number of hydrogen-bond donors (Lipinski definition) is 3. The van der Waals surface area contributed by atoms with Crippen molar-refractivity contribution in [3.05, 3.63) is 12.2 Å². The molecule has 3 N–H and O–H groups in total. The van der Waals surface area contributed by atoms with Gasteiger partial charge in [0.25, 0.3) is 0 Å². The molecule has 0 radical (unpaired) electrons. The van der Waals surface area contributed by atoms with Crippen LogP contribution in [0.15, 0.2) is 6.33 Å². The number of hydrogen-bond acceptors (Lipinski definition) is 4. The Labute approximate surface area is 87.9 Å². The monoisotopic (exact) mass is 209 g/mol. The molecule has 0 saturated carbocycles. The summed E-state index contributed by atoms with van der Waals surface area (Å²) in [6.45, 7) is 3.41. The highest BCUT2D eigenvalue weighted by atomic mass is 16.2. The van der Waals surface area contributed by atoms with Crippen molar-refractivity contribution in [2.45, 2.75) is 25.9 Å². The van der Waals surface area contributed by atoms with E-state index in [1.54, 1.807) is 0 Å². The van der Waals surface area contributed by atoms with Crippen molar-refractivity contribution in [1.29, 1.82) is 0 Å². The molecule has 6 nitrogen and oxygen atoms in total. The van der Waals surface area contributed by atoms with Gasteiger partial charge >= 0.3 is 0 Å². The highest BCUT2D eigenvalue weighted by Gasteiger charge is 2.28. The lowest BCUT2D eigenvalue weighted by Gasteiger charge is -2.14. The fourth-order valence-electron chi connectivity index (χ4n) is 1.78. The molecule has 1 aliphatic rings. The van der Waals surface area contributed by atoms with Gasteiger partial charge in [-0.3, -0.25) is 9.89 Å². The van der Waals surface area contributed by atoms with Crippen molar-refractivity contribution in [2.24, 2.45) is 5.92 Å². The Morgan fingerprint density at radius 3 is 3.20 bits per heavy atom. The van der Waals surface area contributed by atoms with Gasteiger partial charge in [0, 0.05) is 0 Å². The molecule has 0 spiro atoms. The molecule has 2 unspecified atom stereocenters. The predicted molar refractivity (Wildman–Crippen MR) is 53.8 cm³/mol. The van der Waals surface area contributed by atoms with Gasteiger partial charge < -0.3 is 10.6 Å². The SMILES string of the molecule is CC1CCNC1C(=O)NCc1ncn[nH]1. The van der Waals surface area contributed by atoms with Crippen molar-refractivity contribution in [3.8, 4) is 0 Å². The number of amides is 1. The summed E-state index contributed by atoms with van der Waals surface area (Å²) in [5.41, 5.74) is 0. The van der Waals surface area contributed by atoms with Gasteiger partial charge in [-0.05, 0) is 18.9 Å². The molecule has 1 aliphatic heterocycles. The first-order valence-corrected chi connectivity index (χ1v) is 5.12. The van der Waals surface area contributed by atoms with Gasteiger partial charge in [-0.25, -0.2) is 4.98 Å². The highest BCUT2D eigenvalue weighted by Crippen LogP contribution is 2.14. The molecule has 6 heteroatoms. The van der Waals surface area contributed by atoms with Crippen LogP contribution in [0.5, 0.6) is 0 Å². The molecule has 15 heavy (non-hydrogen) atoms. The molecule has 2 atom stereocenters. The molecular weight excluding hydrogens is 194 g/mol. The second-order valence-corrected chi connectivity index (χ2v) is 3.85. The minimum absolute atomic E-state index is 0.0383. The molecular formula is C9H15N5O. The topological polar surface area (TPSA) is 82.7 Å². The quantitative estimate of drug-likeness (QED) is 0.622. The van der Waals surface area contributed by atoms with Crippen LogP contribution in [0.25, 0.3) is 0 Å². The number of H-pyrrole nitrogens is 1. The molecule has 1 aromatic heterocycles. The predicted octanol–water partition coefficient (Wildman–Crippen LogP) is -0.581. The number of rotatable bonds is 3. The molecule has 1 fully saturated rings. The largest absolute Gasteiger partial charge is 0.347 e. The first kappa shape index (κ1) is 10.1. The van der Waals surface area contributed by atoms with Crippen LogP contribution in [-0.2, 0) is 11.3 Å². The number of aromatic amines is 1. The average molecular weight is 209 g/mol. The molecule has 2 rings (SSSR count). The Hall–Kier alpha value is -1.43. The third-order valence-electron chi connectivity index (χ3n) is 2.71. The summed E-state index contributed by atoms with van der Waals surface area (Å²) in [5.74, 6) is 1.12. The molecule has 1 aromatic rings. The third-order valence-corrected chi connectivity index (χ3v) is 2.71. The summed E-state index contributed by atoms with van der Waals surface area (Å²) < 4.78 is 0. The van der Waals surface area contributed by atoms with E-state index in [4.69, 9.17) is 0 Å². The zero-order valence-electron chi connectivity index (χ0n) is 8.66. The van der Waals surface area contributed by atoms with Gasteiger partial charge in [0.1, 0.15) is 12.2 Å². The van der Waals surface area contributed by atoms with Crippen LogP contribution in [0.2, 0.25) is 0 Å². The Balaban J connectivity index is 1.82. The minimum atomic E-state index is -0.0621. The second kappa shape index (κ2) is 4.39. The van der Waals surface area contributed by atoms with E-state index in [0.29, 0.717) is 18.3 Å². The maximum Gasteiger partial charge on any atom is 0.237 e.